The Morgan fingerprint density at radius 2 is 2.50 bits per heavy atom. The van der Waals surface area contributed by atoms with E-state index in [4.69, 9.17) is 5.73 Å². The molecule has 1 aliphatic carbocycles. The number of hydrogen-bond acceptors (Lipinski definition) is 4. The molecule has 0 radical (unpaired) electrons. The summed E-state index contributed by atoms with van der Waals surface area (Å²) in [7, 11) is 0. The van der Waals surface area contributed by atoms with E-state index in [1.54, 1.807) is 23.6 Å². The second kappa shape index (κ2) is 5.57. The smallest absolute Gasteiger partial charge is 0.267 e. The molecule has 20 heavy (non-hydrogen) atoms. The molecule has 0 saturated heterocycles. The van der Waals surface area contributed by atoms with Crippen molar-refractivity contribution in [2.24, 2.45) is 5.92 Å². The predicted octanol–water partition coefficient (Wildman–Crippen LogP) is 2.35. The van der Waals surface area contributed by atoms with Crippen LogP contribution in [0, 0.1) is 5.92 Å². The highest BCUT2D eigenvalue weighted by Gasteiger charge is 2.22. The molecule has 0 aromatic carbocycles. The predicted molar refractivity (Wildman–Crippen MR) is 82.9 cm³/mol. The molecule has 0 spiro atoms. The first-order chi connectivity index (χ1) is 9.61. The van der Waals surface area contributed by atoms with Gasteiger partial charge >= 0.3 is 0 Å². The van der Waals surface area contributed by atoms with Crippen LogP contribution in [0.1, 0.15) is 27.5 Å². The van der Waals surface area contributed by atoms with E-state index in [0.717, 1.165) is 29.4 Å². The van der Waals surface area contributed by atoms with Gasteiger partial charge in [-0.2, -0.15) is 0 Å². The van der Waals surface area contributed by atoms with Crippen molar-refractivity contribution in [3.8, 4) is 0 Å². The molecule has 0 aliphatic heterocycles. The average Bonchev–Trinajstić information content (AvgIpc) is 3.00. The Hall–Kier alpha value is -1.34. The van der Waals surface area contributed by atoms with Crippen LogP contribution in [0.2, 0.25) is 0 Å². The Morgan fingerprint density at radius 3 is 3.25 bits per heavy atom. The lowest BCUT2D eigenvalue weighted by Gasteiger charge is -2.21. The van der Waals surface area contributed by atoms with Gasteiger partial charge in [-0.05, 0) is 47.2 Å². The number of anilines is 1. The number of thiazole rings is 1. The maximum absolute atomic E-state index is 12.0. The lowest BCUT2D eigenvalue weighted by molar-refractivity contribution is 0.0941. The minimum absolute atomic E-state index is 0.0645. The van der Waals surface area contributed by atoms with Crippen LogP contribution in [0.5, 0.6) is 0 Å². The molecular formula is C13H15BrN4OS. The van der Waals surface area contributed by atoms with Crippen molar-refractivity contribution in [1.82, 2.24) is 15.3 Å². The van der Waals surface area contributed by atoms with Crippen LogP contribution in [0.3, 0.4) is 0 Å². The zero-order valence-electron chi connectivity index (χ0n) is 10.8. The van der Waals surface area contributed by atoms with Gasteiger partial charge in [0.15, 0.2) is 5.13 Å². The Morgan fingerprint density at radius 1 is 1.65 bits per heavy atom. The van der Waals surface area contributed by atoms with Crippen LogP contribution in [0.25, 0.3) is 0 Å². The van der Waals surface area contributed by atoms with Gasteiger partial charge in [-0.3, -0.25) is 4.79 Å². The number of hydrogen-bond donors (Lipinski definition) is 3. The minimum atomic E-state index is -0.0645. The van der Waals surface area contributed by atoms with Gasteiger partial charge in [0, 0.05) is 22.1 Å². The van der Waals surface area contributed by atoms with Gasteiger partial charge in [-0.15, -0.1) is 11.3 Å². The highest BCUT2D eigenvalue weighted by atomic mass is 79.9. The van der Waals surface area contributed by atoms with Crippen LogP contribution >= 0.6 is 27.3 Å². The number of nitrogens with one attached hydrogen (secondary N) is 2. The molecule has 0 fully saturated rings. The SMILES string of the molecule is Nc1nc2c(s1)CC(CNC(=O)c1cc(Br)c[nH]1)CC2. The van der Waals surface area contributed by atoms with Crippen molar-refractivity contribution in [2.75, 3.05) is 12.3 Å². The number of carbonyl (C=O) groups is 1. The number of nitrogens with zero attached hydrogens (tertiary/aromatic N) is 1. The summed E-state index contributed by atoms with van der Waals surface area (Å²) in [4.78, 5) is 20.5. The van der Waals surface area contributed by atoms with E-state index in [1.165, 1.54) is 4.88 Å². The van der Waals surface area contributed by atoms with E-state index in [2.05, 4.69) is 31.2 Å². The van der Waals surface area contributed by atoms with Crippen LogP contribution in [-0.4, -0.2) is 22.4 Å². The molecule has 0 bridgehead atoms. The van der Waals surface area contributed by atoms with Crippen molar-refractivity contribution in [2.45, 2.75) is 19.3 Å². The lowest BCUT2D eigenvalue weighted by Crippen LogP contribution is -2.31. The largest absolute Gasteiger partial charge is 0.375 e. The number of nitrogens with two attached hydrogens (primary N) is 1. The van der Waals surface area contributed by atoms with Gasteiger partial charge in [-0.1, -0.05) is 0 Å². The molecule has 1 atom stereocenters. The van der Waals surface area contributed by atoms with Crippen LogP contribution < -0.4 is 11.1 Å². The number of aromatic nitrogens is 2. The molecule has 7 heteroatoms. The molecule has 1 aliphatic rings. The van der Waals surface area contributed by atoms with Crippen LogP contribution in [-0.2, 0) is 12.8 Å². The summed E-state index contributed by atoms with van der Waals surface area (Å²) in [6.45, 7) is 0.687. The summed E-state index contributed by atoms with van der Waals surface area (Å²) >= 11 is 4.89. The highest BCUT2D eigenvalue weighted by Crippen LogP contribution is 2.30. The van der Waals surface area contributed by atoms with Crippen molar-refractivity contribution in [3.63, 3.8) is 0 Å². The minimum Gasteiger partial charge on any atom is -0.375 e. The lowest BCUT2D eigenvalue weighted by atomic mass is 9.91. The first-order valence-corrected chi connectivity index (χ1v) is 8.09. The fraction of sp³-hybridized carbons (Fsp3) is 0.385. The van der Waals surface area contributed by atoms with Crippen molar-refractivity contribution < 1.29 is 4.79 Å². The number of rotatable bonds is 3. The fourth-order valence-corrected chi connectivity index (χ4v) is 3.80. The topological polar surface area (TPSA) is 83.8 Å². The van der Waals surface area contributed by atoms with E-state index in [9.17, 15) is 4.79 Å². The molecule has 2 aromatic rings. The third-order valence-corrected chi connectivity index (χ3v) is 4.91. The van der Waals surface area contributed by atoms with E-state index < -0.39 is 0 Å². The Balaban J connectivity index is 1.56. The Labute approximate surface area is 129 Å². The van der Waals surface area contributed by atoms with E-state index in [-0.39, 0.29) is 5.91 Å². The molecule has 1 amide bonds. The fourth-order valence-electron chi connectivity index (χ4n) is 2.47. The number of halogens is 1. The van der Waals surface area contributed by atoms with Gasteiger partial charge in [-0.25, -0.2) is 4.98 Å². The van der Waals surface area contributed by atoms with E-state index >= 15 is 0 Å². The third kappa shape index (κ3) is 2.88. The maximum Gasteiger partial charge on any atom is 0.267 e. The second-order valence-corrected chi connectivity index (χ2v) is 7.00. The summed E-state index contributed by atoms with van der Waals surface area (Å²) < 4.78 is 0.880. The zero-order chi connectivity index (χ0) is 14.1. The highest BCUT2D eigenvalue weighted by molar-refractivity contribution is 9.10. The molecule has 2 heterocycles. The van der Waals surface area contributed by atoms with Gasteiger partial charge in [0.05, 0.1) is 5.69 Å². The second-order valence-electron chi connectivity index (χ2n) is 4.97. The summed E-state index contributed by atoms with van der Waals surface area (Å²) in [6, 6.07) is 1.78. The molecule has 0 saturated carbocycles. The van der Waals surface area contributed by atoms with Crippen molar-refractivity contribution >= 4 is 38.3 Å². The first kappa shape index (κ1) is 13.6. The summed E-state index contributed by atoms with van der Waals surface area (Å²) in [5.74, 6) is 0.398. The normalized spacial score (nSPS) is 17.8. The van der Waals surface area contributed by atoms with Gasteiger partial charge < -0.3 is 16.0 Å². The number of aromatic amines is 1. The summed E-state index contributed by atoms with van der Waals surface area (Å²) in [5.41, 5.74) is 7.45. The van der Waals surface area contributed by atoms with Crippen LogP contribution in [0.4, 0.5) is 5.13 Å². The molecular weight excluding hydrogens is 340 g/mol. The zero-order valence-corrected chi connectivity index (χ0v) is 13.2. The van der Waals surface area contributed by atoms with Gasteiger partial charge in [0.25, 0.3) is 5.91 Å². The number of amides is 1. The van der Waals surface area contributed by atoms with Crippen molar-refractivity contribution in [1.29, 1.82) is 0 Å². The molecule has 106 valence electrons. The standard InChI is InChI=1S/C13H15BrN4OS/c14-8-4-10(16-6-8)12(19)17-5-7-1-2-9-11(3-7)20-13(15)18-9/h4,6-7,16H,1-3,5H2,(H2,15,18)(H,17,19). The Kier molecular flexibility index (Phi) is 3.80. The number of carbonyl (C=O) groups excluding carboxylic acids is 1. The summed E-state index contributed by atoms with van der Waals surface area (Å²) in [5, 5.41) is 3.63. The maximum atomic E-state index is 12.0. The number of fused-ring (bicyclic) bond motifs is 1. The number of H-pyrrole nitrogens is 1. The third-order valence-electron chi connectivity index (χ3n) is 3.50. The molecule has 2 aromatic heterocycles. The Bertz CT molecular complexity index is 636. The van der Waals surface area contributed by atoms with Crippen LogP contribution in [0.15, 0.2) is 16.7 Å². The number of aryl methyl sites for hydroxylation is 1. The number of nitrogen functional groups attached to an aromatic ring is 1. The monoisotopic (exact) mass is 354 g/mol. The molecule has 3 rings (SSSR count). The average molecular weight is 355 g/mol. The summed E-state index contributed by atoms with van der Waals surface area (Å²) in [6.07, 6.45) is 4.71. The first-order valence-electron chi connectivity index (χ1n) is 6.48. The molecule has 4 N–H and O–H groups in total. The quantitative estimate of drug-likeness (QED) is 0.790. The van der Waals surface area contributed by atoms with E-state index in [0.29, 0.717) is 23.3 Å². The van der Waals surface area contributed by atoms with Gasteiger partial charge in [0.2, 0.25) is 0 Å². The molecule has 1 unspecified atom stereocenters. The molecule has 5 nitrogen and oxygen atoms in total. The van der Waals surface area contributed by atoms with Gasteiger partial charge in [0.1, 0.15) is 5.69 Å². The van der Waals surface area contributed by atoms with Crippen molar-refractivity contribution in [3.05, 3.63) is 33.0 Å². The van der Waals surface area contributed by atoms with E-state index in [1.807, 2.05) is 0 Å².